The third kappa shape index (κ3) is 1.93. The summed E-state index contributed by atoms with van der Waals surface area (Å²) in [5.74, 6) is 0. The standard InChI is InChI=1S/C14H16N2/c1-3-12-5-7-15-10-13(12)9-11(1)2-4-14-6-8-16-14/h1,3,5,7,9-10,14,16H,2,4,6,8H2. The lowest BCUT2D eigenvalue weighted by molar-refractivity contribution is 0.351. The van der Waals surface area contributed by atoms with Gasteiger partial charge in [0, 0.05) is 23.8 Å². The number of fused-ring (bicyclic) bond motifs is 1. The second-order valence-corrected chi connectivity index (χ2v) is 4.54. The Bertz CT molecular complexity index is 489. The van der Waals surface area contributed by atoms with Crippen LogP contribution in [0.2, 0.25) is 0 Å². The number of aryl methyl sites for hydroxylation is 1. The van der Waals surface area contributed by atoms with Gasteiger partial charge in [0.2, 0.25) is 0 Å². The maximum Gasteiger partial charge on any atom is 0.0346 e. The Morgan fingerprint density at radius 2 is 2.19 bits per heavy atom. The normalized spacial score (nSPS) is 19.6. The van der Waals surface area contributed by atoms with Crippen LogP contribution in [-0.2, 0) is 6.42 Å². The van der Waals surface area contributed by atoms with Crippen LogP contribution in [0.4, 0.5) is 0 Å². The number of pyridine rings is 1. The number of aromatic nitrogens is 1. The van der Waals surface area contributed by atoms with Crippen molar-refractivity contribution in [3.8, 4) is 0 Å². The number of hydrogen-bond donors (Lipinski definition) is 1. The molecule has 0 radical (unpaired) electrons. The van der Waals surface area contributed by atoms with Crippen molar-refractivity contribution in [3.63, 3.8) is 0 Å². The molecule has 1 fully saturated rings. The molecule has 2 aromatic rings. The van der Waals surface area contributed by atoms with E-state index in [2.05, 4.69) is 34.6 Å². The van der Waals surface area contributed by atoms with Crippen LogP contribution in [0.25, 0.3) is 10.8 Å². The van der Waals surface area contributed by atoms with E-state index in [1.165, 1.54) is 42.1 Å². The topological polar surface area (TPSA) is 24.9 Å². The highest BCUT2D eigenvalue weighted by Crippen LogP contribution is 2.17. The first kappa shape index (κ1) is 9.79. The van der Waals surface area contributed by atoms with Crippen molar-refractivity contribution in [1.82, 2.24) is 10.3 Å². The monoisotopic (exact) mass is 212 g/mol. The smallest absolute Gasteiger partial charge is 0.0346 e. The molecule has 2 heterocycles. The van der Waals surface area contributed by atoms with E-state index in [0.29, 0.717) is 0 Å². The van der Waals surface area contributed by atoms with E-state index in [0.717, 1.165) is 6.04 Å². The van der Waals surface area contributed by atoms with Gasteiger partial charge in [0.1, 0.15) is 0 Å². The minimum atomic E-state index is 0.754. The minimum absolute atomic E-state index is 0.754. The van der Waals surface area contributed by atoms with Crippen LogP contribution in [0.1, 0.15) is 18.4 Å². The molecular formula is C14H16N2. The Balaban J connectivity index is 1.76. The van der Waals surface area contributed by atoms with Gasteiger partial charge in [-0.2, -0.15) is 0 Å². The van der Waals surface area contributed by atoms with E-state index in [1.54, 1.807) is 0 Å². The summed E-state index contributed by atoms with van der Waals surface area (Å²) in [5, 5.41) is 5.97. The van der Waals surface area contributed by atoms with Crippen LogP contribution in [0.5, 0.6) is 0 Å². The summed E-state index contributed by atoms with van der Waals surface area (Å²) < 4.78 is 0. The molecule has 0 amide bonds. The molecule has 82 valence electrons. The predicted octanol–water partition coefficient (Wildman–Crippen LogP) is 2.53. The van der Waals surface area contributed by atoms with Gasteiger partial charge in [-0.1, -0.05) is 12.1 Å². The van der Waals surface area contributed by atoms with Gasteiger partial charge in [0.15, 0.2) is 0 Å². The summed E-state index contributed by atoms with van der Waals surface area (Å²) in [7, 11) is 0. The van der Waals surface area contributed by atoms with Crippen molar-refractivity contribution < 1.29 is 0 Å². The zero-order valence-corrected chi connectivity index (χ0v) is 9.32. The number of nitrogens with zero attached hydrogens (tertiary/aromatic N) is 1. The van der Waals surface area contributed by atoms with E-state index in [4.69, 9.17) is 0 Å². The van der Waals surface area contributed by atoms with Crippen molar-refractivity contribution in [3.05, 3.63) is 42.2 Å². The summed E-state index contributed by atoms with van der Waals surface area (Å²) >= 11 is 0. The lowest BCUT2D eigenvalue weighted by Crippen LogP contribution is -2.42. The van der Waals surface area contributed by atoms with Crippen molar-refractivity contribution in [2.45, 2.75) is 25.3 Å². The van der Waals surface area contributed by atoms with Crippen LogP contribution in [0, 0.1) is 0 Å². The lowest BCUT2D eigenvalue weighted by atomic mass is 9.97. The maximum atomic E-state index is 4.16. The summed E-state index contributed by atoms with van der Waals surface area (Å²) in [6.07, 6.45) is 7.56. The first-order valence-electron chi connectivity index (χ1n) is 5.98. The number of nitrogens with one attached hydrogen (secondary N) is 1. The molecule has 0 bridgehead atoms. The van der Waals surface area contributed by atoms with Crippen LogP contribution < -0.4 is 5.32 Å². The number of hydrogen-bond acceptors (Lipinski definition) is 2. The molecule has 1 aromatic carbocycles. The molecule has 0 aliphatic carbocycles. The number of benzene rings is 1. The van der Waals surface area contributed by atoms with Crippen molar-refractivity contribution in [2.24, 2.45) is 0 Å². The van der Waals surface area contributed by atoms with Gasteiger partial charge in [-0.25, -0.2) is 0 Å². The summed E-state index contributed by atoms with van der Waals surface area (Å²) in [5.41, 5.74) is 1.43. The van der Waals surface area contributed by atoms with E-state index in [-0.39, 0.29) is 0 Å². The van der Waals surface area contributed by atoms with E-state index >= 15 is 0 Å². The van der Waals surface area contributed by atoms with Crippen molar-refractivity contribution >= 4 is 10.8 Å². The molecule has 1 aliphatic heterocycles. The first-order valence-corrected chi connectivity index (χ1v) is 5.98. The predicted molar refractivity (Wildman–Crippen MR) is 66.5 cm³/mol. The Morgan fingerprint density at radius 1 is 1.25 bits per heavy atom. The van der Waals surface area contributed by atoms with Gasteiger partial charge >= 0.3 is 0 Å². The van der Waals surface area contributed by atoms with Crippen LogP contribution in [0.15, 0.2) is 36.7 Å². The van der Waals surface area contributed by atoms with Gasteiger partial charge in [0.05, 0.1) is 0 Å². The minimum Gasteiger partial charge on any atom is -0.314 e. The van der Waals surface area contributed by atoms with Crippen molar-refractivity contribution in [2.75, 3.05) is 6.54 Å². The Kier molecular flexibility index (Phi) is 2.58. The molecule has 1 atom stereocenters. The molecule has 1 aliphatic rings. The fourth-order valence-electron chi connectivity index (χ4n) is 2.23. The van der Waals surface area contributed by atoms with Crippen LogP contribution in [-0.4, -0.2) is 17.6 Å². The first-order chi connectivity index (χ1) is 7.92. The highest BCUT2D eigenvalue weighted by Gasteiger charge is 2.15. The van der Waals surface area contributed by atoms with E-state index in [9.17, 15) is 0 Å². The molecule has 2 heteroatoms. The number of rotatable bonds is 3. The molecule has 0 spiro atoms. The molecule has 1 N–H and O–H groups in total. The average Bonchev–Trinajstić information content (AvgIpc) is 2.27. The average molecular weight is 212 g/mol. The Morgan fingerprint density at radius 3 is 3.00 bits per heavy atom. The van der Waals surface area contributed by atoms with Gasteiger partial charge in [-0.3, -0.25) is 4.98 Å². The fraction of sp³-hybridized carbons (Fsp3) is 0.357. The molecule has 2 nitrogen and oxygen atoms in total. The van der Waals surface area contributed by atoms with Crippen LogP contribution >= 0.6 is 0 Å². The van der Waals surface area contributed by atoms with Gasteiger partial charge in [0.25, 0.3) is 0 Å². The van der Waals surface area contributed by atoms with Crippen LogP contribution in [0.3, 0.4) is 0 Å². The van der Waals surface area contributed by atoms with E-state index in [1.807, 2.05) is 12.4 Å². The quantitative estimate of drug-likeness (QED) is 0.845. The Hall–Kier alpha value is -1.41. The fourth-order valence-corrected chi connectivity index (χ4v) is 2.23. The Labute approximate surface area is 95.7 Å². The zero-order chi connectivity index (χ0) is 10.8. The highest BCUT2D eigenvalue weighted by molar-refractivity contribution is 5.81. The summed E-state index contributed by atoms with van der Waals surface area (Å²) in [6, 6.07) is 9.51. The van der Waals surface area contributed by atoms with Gasteiger partial charge < -0.3 is 5.32 Å². The third-order valence-corrected chi connectivity index (χ3v) is 3.41. The van der Waals surface area contributed by atoms with Crippen molar-refractivity contribution in [1.29, 1.82) is 0 Å². The molecule has 1 aromatic heterocycles. The molecule has 0 saturated carbocycles. The second-order valence-electron chi connectivity index (χ2n) is 4.54. The molecular weight excluding hydrogens is 196 g/mol. The molecule has 1 saturated heterocycles. The molecule has 16 heavy (non-hydrogen) atoms. The third-order valence-electron chi connectivity index (χ3n) is 3.41. The highest BCUT2D eigenvalue weighted by atomic mass is 15.0. The SMILES string of the molecule is c1cc2ccc(CCC3CCN3)cc2cn1. The lowest BCUT2D eigenvalue weighted by Gasteiger charge is -2.27. The van der Waals surface area contributed by atoms with E-state index < -0.39 is 0 Å². The largest absolute Gasteiger partial charge is 0.314 e. The maximum absolute atomic E-state index is 4.16. The van der Waals surface area contributed by atoms with Gasteiger partial charge in [-0.15, -0.1) is 0 Å². The van der Waals surface area contributed by atoms with Gasteiger partial charge in [-0.05, 0) is 48.9 Å². The zero-order valence-electron chi connectivity index (χ0n) is 9.32. The molecule has 1 unspecified atom stereocenters. The summed E-state index contributed by atoms with van der Waals surface area (Å²) in [6.45, 7) is 1.20. The molecule has 3 rings (SSSR count). The second kappa shape index (κ2) is 4.22. The summed E-state index contributed by atoms with van der Waals surface area (Å²) in [4.78, 5) is 4.16.